The van der Waals surface area contributed by atoms with Gasteiger partial charge in [-0.3, -0.25) is 4.79 Å². The SMILES string of the molecule is COC(=O)c1cc(NC(=O)c2csc(-c3ccc(C)cc3)n2)cc(C(=O)OC)c1. The van der Waals surface area contributed by atoms with E-state index >= 15 is 0 Å². The highest BCUT2D eigenvalue weighted by atomic mass is 32.1. The van der Waals surface area contributed by atoms with Crippen LogP contribution in [0.3, 0.4) is 0 Å². The fourth-order valence-electron chi connectivity index (χ4n) is 2.57. The number of thiazole rings is 1. The van der Waals surface area contributed by atoms with Gasteiger partial charge in [-0.1, -0.05) is 29.8 Å². The van der Waals surface area contributed by atoms with Gasteiger partial charge in [-0.05, 0) is 25.1 Å². The van der Waals surface area contributed by atoms with E-state index in [1.54, 1.807) is 5.38 Å². The number of nitrogens with one attached hydrogen (secondary N) is 1. The number of aryl methyl sites for hydroxylation is 1. The molecule has 0 bridgehead atoms. The van der Waals surface area contributed by atoms with Crippen LogP contribution in [0, 0.1) is 6.92 Å². The van der Waals surface area contributed by atoms with E-state index in [1.807, 2.05) is 31.2 Å². The maximum Gasteiger partial charge on any atom is 0.337 e. The van der Waals surface area contributed by atoms with E-state index in [9.17, 15) is 14.4 Å². The first-order valence-corrected chi connectivity index (χ1v) is 9.45. The van der Waals surface area contributed by atoms with Crippen LogP contribution < -0.4 is 5.32 Å². The van der Waals surface area contributed by atoms with Crippen LogP contribution in [0.2, 0.25) is 0 Å². The summed E-state index contributed by atoms with van der Waals surface area (Å²) in [4.78, 5) is 40.7. The lowest BCUT2D eigenvalue weighted by atomic mass is 10.1. The number of nitrogens with zero attached hydrogens (tertiary/aromatic N) is 1. The number of ether oxygens (including phenoxy) is 2. The van der Waals surface area contributed by atoms with Gasteiger partial charge in [0.05, 0.1) is 25.3 Å². The number of hydrogen-bond donors (Lipinski definition) is 1. The van der Waals surface area contributed by atoms with Crippen molar-refractivity contribution in [3.8, 4) is 10.6 Å². The third-order valence-corrected chi connectivity index (χ3v) is 4.96. The van der Waals surface area contributed by atoms with Crippen molar-refractivity contribution in [3.05, 3.63) is 70.2 Å². The molecule has 0 aliphatic carbocycles. The fourth-order valence-corrected chi connectivity index (χ4v) is 3.38. The van der Waals surface area contributed by atoms with Crippen LogP contribution >= 0.6 is 11.3 Å². The lowest BCUT2D eigenvalue weighted by Gasteiger charge is -2.08. The van der Waals surface area contributed by atoms with E-state index < -0.39 is 17.8 Å². The first-order chi connectivity index (χ1) is 13.9. The summed E-state index contributed by atoms with van der Waals surface area (Å²) < 4.78 is 9.39. The number of anilines is 1. The maximum absolute atomic E-state index is 12.6. The smallest absolute Gasteiger partial charge is 0.337 e. The molecule has 3 aromatic rings. The standard InChI is InChI=1S/C21H18N2O5S/c1-12-4-6-13(7-5-12)19-23-17(11-29-19)18(24)22-16-9-14(20(25)27-2)8-15(10-16)21(26)28-3/h4-11H,1-3H3,(H,22,24). The molecule has 148 valence electrons. The highest BCUT2D eigenvalue weighted by Gasteiger charge is 2.17. The topological polar surface area (TPSA) is 94.6 Å². The van der Waals surface area contributed by atoms with Gasteiger partial charge >= 0.3 is 11.9 Å². The molecule has 2 aromatic carbocycles. The van der Waals surface area contributed by atoms with Gasteiger partial charge in [0.1, 0.15) is 10.7 Å². The van der Waals surface area contributed by atoms with Gasteiger partial charge in [0.25, 0.3) is 5.91 Å². The number of carbonyl (C=O) groups is 3. The summed E-state index contributed by atoms with van der Waals surface area (Å²) in [5.41, 5.74) is 2.76. The maximum atomic E-state index is 12.6. The first kappa shape index (κ1) is 20.2. The van der Waals surface area contributed by atoms with Crippen LogP contribution in [0.15, 0.2) is 47.8 Å². The molecule has 1 heterocycles. The van der Waals surface area contributed by atoms with E-state index in [0.717, 1.165) is 11.1 Å². The van der Waals surface area contributed by atoms with Gasteiger partial charge in [0.2, 0.25) is 0 Å². The molecule has 0 radical (unpaired) electrons. The zero-order valence-electron chi connectivity index (χ0n) is 16.0. The normalized spacial score (nSPS) is 10.3. The Morgan fingerprint density at radius 2 is 1.52 bits per heavy atom. The zero-order valence-corrected chi connectivity index (χ0v) is 16.8. The molecule has 0 aliphatic heterocycles. The fraction of sp³-hybridized carbons (Fsp3) is 0.143. The molecule has 0 aliphatic rings. The summed E-state index contributed by atoms with van der Waals surface area (Å²) in [6.07, 6.45) is 0. The number of carbonyl (C=O) groups excluding carboxylic acids is 3. The monoisotopic (exact) mass is 410 g/mol. The lowest BCUT2D eigenvalue weighted by Crippen LogP contribution is -2.14. The zero-order chi connectivity index (χ0) is 21.0. The number of aromatic nitrogens is 1. The van der Waals surface area contributed by atoms with Gasteiger partial charge in [-0.25, -0.2) is 14.6 Å². The largest absolute Gasteiger partial charge is 0.465 e. The molecule has 7 nitrogen and oxygen atoms in total. The van der Waals surface area contributed by atoms with Crippen molar-refractivity contribution < 1.29 is 23.9 Å². The molecule has 1 N–H and O–H groups in total. The molecule has 8 heteroatoms. The summed E-state index contributed by atoms with van der Waals surface area (Å²) in [5.74, 6) is -1.74. The number of benzene rings is 2. The Morgan fingerprint density at radius 1 is 0.931 bits per heavy atom. The molecular formula is C21H18N2O5S. The molecule has 3 rings (SSSR count). The first-order valence-electron chi connectivity index (χ1n) is 8.57. The number of methoxy groups -OCH3 is 2. The minimum absolute atomic E-state index is 0.115. The van der Waals surface area contributed by atoms with Crippen molar-refractivity contribution in [2.75, 3.05) is 19.5 Å². The van der Waals surface area contributed by atoms with Gasteiger partial charge in [-0.2, -0.15) is 0 Å². The van der Waals surface area contributed by atoms with Crippen molar-refractivity contribution in [3.63, 3.8) is 0 Å². The quantitative estimate of drug-likeness (QED) is 0.640. The summed E-state index contributed by atoms with van der Waals surface area (Å²) in [5, 5.41) is 5.03. The van der Waals surface area contributed by atoms with Crippen molar-refractivity contribution in [2.24, 2.45) is 0 Å². The molecule has 0 atom stereocenters. The Bertz CT molecular complexity index is 1040. The van der Waals surface area contributed by atoms with Gasteiger partial charge in [-0.15, -0.1) is 11.3 Å². The van der Waals surface area contributed by atoms with E-state index in [-0.39, 0.29) is 22.5 Å². The van der Waals surface area contributed by atoms with Crippen molar-refractivity contribution in [2.45, 2.75) is 6.92 Å². The molecule has 1 aromatic heterocycles. The van der Waals surface area contributed by atoms with Gasteiger partial charge in [0.15, 0.2) is 0 Å². The minimum atomic E-state index is -0.637. The molecule has 0 saturated carbocycles. The van der Waals surface area contributed by atoms with E-state index in [1.165, 1.54) is 43.8 Å². The Balaban J connectivity index is 1.85. The van der Waals surface area contributed by atoms with Crippen molar-refractivity contribution >= 4 is 34.9 Å². The molecule has 0 saturated heterocycles. The van der Waals surface area contributed by atoms with E-state index in [0.29, 0.717) is 5.01 Å². The van der Waals surface area contributed by atoms with Crippen LogP contribution in [0.25, 0.3) is 10.6 Å². The highest BCUT2D eigenvalue weighted by molar-refractivity contribution is 7.13. The summed E-state index contributed by atoms with van der Waals surface area (Å²) in [6.45, 7) is 2.00. The molecule has 0 fully saturated rings. The second-order valence-corrected chi connectivity index (χ2v) is 7.00. The van der Waals surface area contributed by atoms with Crippen molar-refractivity contribution in [1.29, 1.82) is 0 Å². The van der Waals surface area contributed by atoms with Gasteiger partial charge in [0, 0.05) is 16.6 Å². The number of rotatable bonds is 5. The molecular weight excluding hydrogens is 392 g/mol. The van der Waals surface area contributed by atoms with Crippen LogP contribution in [-0.2, 0) is 9.47 Å². The number of esters is 2. The Labute approximate surface area is 171 Å². The van der Waals surface area contributed by atoms with Crippen LogP contribution in [0.1, 0.15) is 36.8 Å². The summed E-state index contributed by atoms with van der Waals surface area (Å²) >= 11 is 1.35. The predicted octanol–water partition coefficient (Wildman–Crippen LogP) is 3.94. The molecule has 0 spiro atoms. The van der Waals surface area contributed by atoms with Crippen LogP contribution in [0.5, 0.6) is 0 Å². The minimum Gasteiger partial charge on any atom is -0.465 e. The van der Waals surface area contributed by atoms with E-state index in [2.05, 4.69) is 10.3 Å². The Hall–Kier alpha value is -3.52. The van der Waals surface area contributed by atoms with Gasteiger partial charge < -0.3 is 14.8 Å². The average Bonchev–Trinajstić information content (AvgIpc) is 3.23. The summed E-state index contributed by atoms with van der Waals surface area (Å²) in [7, 11) is 2.46. The third kappa shape index (κ3) is 4.67. The molecule has 1 amide bonds. The Morgan fingerprint density at radius 3 is 2.07 bits per heavy atom. The van der Waals surface area contributed by atoms with E-state index in [4.69, 9.17) is 9.47 Å². The van der Waals surface area contributed by atoms with Crippen molar-refractivity contribution in [1.82, 2.24) is 4.98 Å². The third-order valence-electron chi connectivity index (χ3n) is 4.07. The second-order valence-electron chi connectivity index (χ2n) is 6.14. The van der Waals surface area contributed by atoms with Crippen LogP contribution in [0.4, 0.5) is 5.69 Å². The number of amides is 1. The van der Waals surface area contributed by atoms with Crippen LogP contribution in [-0.4, -0.2) is 37.0 Å². The second kappa shape index (κ2) is 8.66. The number of hydrogen-bond acceptors (Lipinski definition) is 7. The average molecular weight is 410 g/mol. The summed E-state index contributed by atoms with van der Waals surface area (Å²) in [6, 6.07) is 12.0. The lowest BCUT2D eigenvalue weighted by molar-refractivity contribution is 0.0599. The molecule has 29 heavy (non-hydrogen) atoms. The predicted molar refractivity (Wildman–Crippen MR) is 109 cm³/mol. The molecule has 0 unspecified atom stereocenters. The highest BCUT2D eigenvalue weighted by Crippen LogP contribution is 2.25. The Kier molecular flexibility index (Phi) is 6.04.